The maximum absolute atomic E-state index is 5.27. The Bertz CT molecular complexity index is 396. The van der Waals surface area contributed by atoms with Crippen LogP contribution < -0.4 is 5.32 Å². The average molecular weight is 270 g/mol. The van der Waals surface area contributed by atoms with Gasteiger partial charge in [-0.25, -0.2) is 4.98 Å². The molecule has 0 aliphatic rings. The first-order valence-corrected chi connectivity index (χ1v) is 5.55. The van der Waals surface area contributed by atoms with Gasteiger partial charge in [-0.2, -0.15) is 0 Å². The first-order valence-electron chi connectivity index (χ1n) is 4.76. The number of rotatable bonds is 5. The molecule has 0 aromatic carbocycles. The number of hydrogen-bond acceptors (Lipinski definition) is 3. The summed E-state index contributed by atoms with van der Waals surface area (Å²) in [5.74, 6) is 0.930. The number of aromatic nitrogens is 2. The minimum Gasteiger partial charge on any atom is -0.467 e. The summed E-state index contributed by atoms with van der Waals surface area (Å²) in [6.45, 7) is 1.64. The fraction of sp³-hybridized carbons (Fsp3) is 0.300. The number of halogens is 1. The molecule has 0 aliphatic carbocycles. The van der Waals surface area contributed by atoms with Gasteiger partial charge in [0.05, 0.1) is 23.6 Å². The van der Waals surface area contributed by atoms with E-state index in [1.165, 1.54) is 0 Å². The van der Waals surface area contributed by atoms with E-state index in [4.69, 9.17) is 4.42 Å². The van der Waals surface area contributed by atoms with Crippen LogP contribution in [0.3, 0.4) is 0 Å². The van der Waals surface area contributed by atoms with Gasteiger partial charge in [-0.15, -0.1) is 0 Å². The molecule has 2 aromatic rings. The molecule has 0 saturated carbocycles. The second kappa shape index (κ2) is 5.14. The van der Waals surface area contributed by atoms with Gasteiger partial charge in [0.1, 0.15) is 5.76 Å². The minimum absolute atomic E-state index is 0.738. The van der Waals surface area contributed by atoms with Crippen molar-refractivity contribution in [2.24, 2.45) is 0 Å². The summed E-state index contributed by atoms with van der Waals surface area (Å²) in [4.78, 5) is 7.01. The third kappa shape index (κ3) is 2.94. The molecular weight excluding hydrogens is 258 g/mol. The Morgan fingerprint density at radius 2 is 2.47 bits per heavy atom. The molecule has 0 fully saturated rings. The quantitative estimate of drug-likeness (QED) is 0.818. The zero-order valence-electron chi connectivity index (χ0n) is 8.16. The maximum atomic E-state index is 5.27. The number of aromatic amines is 1. The number of H-pyrrole nitrogens is 1. The molecule has 2 rings (SSSR count). The Morgan fingerprint density at radius 1 is 1.53 bits per heavy atom. The number of furan rings is 1. The highest BCUT2D eigenvalue weighted by atomic mass is 79.9. The van der Waals surface area contributed by atoms with Crippen molar-refractivity contribution in [3.8, 4) is 0 Å². The van der Waals surface area contributed by atoms with Gasteiger partial charge in [-0.1, -0.05) is 0 Å². The molecule has 0 saturated heterocycles. The fourth-order valence-corrected chi connectivity index (χ4v) is 1.64. The molecule has 0 radical (unpaired) electrons. The first kappa shape index (κ1) is 10.4. The number of nitrogens with one attached hydrogen (secondary N) is 2. The summed E-state index contributed by atoms with van der Waals surface area (Å²) in [5, 5.41) is 3.30. The topological polar surface area (TPSA) is 53.9 Å². The van der Waals surface area contributed by atoms with E-state index in [0.29, 0.717) is 0 Å². The molecule has 4 nitrogen and oxygen atoms in total. The van der Waals surface area contributed by atoms with Gasteiger partial charge < -0.3 is 14.7 Å². The van der Waals surface area contributed by atoms with Crippen molar-refractivity contribution in [3.05, 3.63) is 40.8 Å². The van der Waals surface area contributed by atoms with Crippen LogP contribution in [-0.4, -0.2) is 16.5 Å². The van der Waals surface area contributed by atoms with Crippen LogP contribution in [0.4, 0.5) is 0 Å². The fourth-order valence-electron chi connectivity index (χ4n) is 1.30. The predicted octanol–water partition coefficient (Wildman–Crippen LogP) is 2.10. The molecule has 0 spiro atoms. The molecule has 0 bridgehead atoms. The highest BCUT2D eigenvalue weighted by Crippen LogP contribution is 2.16. The second-order valence-electron chi connectivity index (χ2n) is 3.20. The van der Waals surface area contributed by atoms with Crippen molar-refractivity contribution in [1.82, 2.24) is 15.3 Å². The molecule has 0 unspecified atom stereocenters. The summed E-state index contributed by atoms with van der Waals surface area (Å²) >= 11 is 3.41. The van der Waals surface area contributed by atoms with Gasteiger partial charge in [-0.3, -0.25) is 0 Å². The van der Waals surface area contributed by atoms with E-state index in [1.807, 2.05) is 12.3 Å². The predicted molar refractivity (Wildman–Crippen MR) is 60.4 cm³/mol. The van der Waals surface area contributed by atoms with Gasteiger partial charge in [0, 0.05) is 24.9 Å². The van der Waals surface area contributed by atoms with Crippen LogP contribution in [0.15, 0.2) is 33.7 Å². The van der Waals surface area contributed by atoms with Gasteiger partial charge in [0.2, 0.25) is 0 Å². The van der Waals surface area contributed by atoms with Crippen LogP contribution in [0.25, 0.3) is 0 Å². The lowest BCUT2D eigenvalue weighted by Crippen LogP contribution is -2.16. The van der Waals surface area contributed by atoms with E-state index in [2.05, 4.69) is 31.2 Å². The third-order valence-corrected chi connectivity index (χ3v) is 2.81. The Balaban J connectivity index is 1.70. The van der Waals surface area contributed by atoms with Crippen LogP contribution >= 0.6 is 15.9 Å². The average Bonchev–Trinajstić information content (AvgIpc) is 2.85. The molecule has 15 heavy (non-hydrogen) atoms. The number of nitrogens with zero attached hydrogens (tertiary/aromatic N) is 1. The van der Waals surface area contributed by atoms with Crippen molar-refractivity contribution < 1.29 is 4.42 Å². The molecule has 2 N–H and O–H groups in total. The van der Waals surface area contributed by atoms with Gasteiger partial charge >= 0.3 is 0 Å². The number of hydrogen-bond donors (Lipinski definition) is 2. The summed E-state index contributed by atoms with van der Waals surface area (Å²) in [5.41, 5.74) is 1.14. The smallest absolute Gasteiger partial charge is 0.131 e. The third-order valence-electron chi connectivity index (χ3n) is 2.10. The molecule has 0 amide bonds. The van der Waals surface area contributed by atoms with Crippen LogP contribution in [0, 0.1) is 0 Å². The Hall–Kier alpha value is -1.07. The Morgan fingerprint density at radius 3 is 3.13 bits per heavy atom. The van der Waals surface area contributed by atoms with E-state index >= 15 is 0 Å². The van der Waals surface area contributed by atoms with E-state index in [-0.39, 0.29) is 0 Å². The highest BCUT2D eigenvalue weighted by molar-refractivity contribution is 9.10. The Labute approximate surface area is 96.2 Å². The van der Waals surface area contributed by atoms with Gasteiger partial charge in [0.25, 0.3) is 0 Å². The zero-order valence-corrected chi connectivity index (χ0v) is 9.75. The van der Waals surface area contributed by atoms with Crippen molar-refractivity contribution >= 4 is 15.9 Å². The molecule has 2 aromatic heterocycles. The summed E-state index contributed by atoms with van der Waals surface area (Å²) in [6.07, 6.45) is 6.15. The van der Waals surface area contributed by atoms with Crippen LogP contribution in [0.5, 0.6) is 0 Å². The molecule has 0 aliphatic heterocycles. The van der Waals surface area contributed by atoms with Gasteiger partial charge in [-0.05, 0) is 22.0 Å². The van der Waals surface area contributed by atoms with Crippen LogP contribution in [0.2, 0.25) is 0 Å². The van der Waals surface area contributed by atoms with Crippen molar-refractivity contribution in [2.45, 2.75) is 13.0 Å². The van der Waals surface area contributed by atoms with Crippen LogP contribution in [0.1, 0.15) is 11.5 Å². The van der Waals surface area contributed by atoms with E-state index in [9.17, 15) is 0 Å². The molecule has 5 heteroatoms. The molecule has 80 valence electrons. The highest BCUT2D eigenvalue weighted by Gasteiger charge is 2.01. The normalized spacial score (nSPS) is 10.7. The maximum Gasteiger partial charge on any atom is 0.131 e. The summed E-state index contributed by atoms with van der Waals surface area (Å²) in [7, 11) is 0. The first-order chi connectivity index (χ1) is 7.36. The van der Waals surface area contributed by atoms with Crippen molar-refractivity contribution in [1.29, 1.82) is 0 Å². The minimum atomic E-state index is 0.738. The summed E-state index contributed by atoms with van der Waals surface area (Å²) in [6, 6.07) is 1.89. The lowest BCUT2D eigenvalue weighted by Gasteiger charge is -2.01. The number of imidazole rings is 1. The van der Waals surface area contributed by atoms with E-state index < -0.39 is 0 Å². The molecule has 2 heterocycles. The standard InChI is InChI=1S/C10H12BrN3O/c11-9-2-4-15-10(9)6-12-3-1-8-5-13-7-14-8/h2,4-5,7,12H,1,3,6H2,(H,13,14). The second-order valence-corrected chi connectivity index (χ2v) is 4.05. The Kier molecular flexibility index (Phi) is 3.58. The monoisotopic (exact) mass is 269 g/mol. The zero-order chi connectivity index (χ0) is 10.5. The SMILES string of the molecule is Brc1ccoc1CNCCc1cnc[nH]1. The largest absolute Gasteiger partial charge is 0.467 e. The van der Waals surface area contributed by atoms with Crippen molar-refractivity contribution in [3.63, 3.8) is 0 Å². The lowest BCUT2D eigenvalue weighted by molar-refractivity contribution is 0.481. The van der Waals surface area contributed by atoms with Gasteiger partial charge in [0.15, 0.2) is 0 Å². The summed E-state index contributed by atoms with van der Waals surface area (Å²) < 4.78 is 6.28. The lowest BCUT2D eigenvalue weighted by atomic mass is 10.3. The van der Waals surface area contributed by atoms with E-state index in [0.717, 1.165) is 35.4 Å². The molecular formula is C10H12BrN3O. The van der Waals surface area contributed by atoms with E-state index in [1.54, 1.807) is 12.6 Å². The molecule has 0 atom stereocenters. The van der Waals surface area contributed by atoms with Crippen LogP contribution in [-0.2, 0) is 13.0 Å². The van der Waals surface area contributed by atoms with Crippen molar-refractivity contribution in [2.75, 3.05) is 6.54 Å².